The Hall–Kier alpha value is -2.63. The van der Waals surface area contributed by atoms with Gasteiger partial charge in [-0.15, -0.1) is 0 Å². The van der Waals surface area contributed by atoms with Crippen molar-refractivity contribution in [3.63, 3.8) is 0 Å². The van der Waals surface area contributed by atoms with Crippen molar-refractivity contribution in [3.8, 4) is 0 Å². The number of hydrogen-bond acceptors (Lipinski definition) is 4. The highest BCUT2D eigenvalue weighted by atomic mass is 35.5. The number of amides is 1. The molecule has 0 bridgehead atoms. The van der Waals surface area contributed by atoms with Crippen LogP contribution in [0.2, 0.25) is 10.0 Å². The number of aromatic nitrogens is 2. The summed E-state index contributed by atoms with van der Waals surface area (Å²) in [6.07, 6.45) is 0. The summed E-state index contributed by atoms with van der Waals surface area (Å²) in [6, 6.07) is 16.1. The highest BCUT2D eigenvalue weighted by Crippen LogP contribution is 2.29. The molecule has 0 aliphatic heterocycles. The van der Waals surface area contributed by atoms with Crippen molar-refractivity contribution in [3.05, 3.63) is 76.2 Å². The van der Waals surface area contributed by atoms with Crippen molar-refractivity contribution in [2.45, 2.75) is 6.92 Å². The Balaban J connectivity index is 1.84. The van der Waals surface area contributed by atoms with Gasteiger partial charge in [0.25, 0.3) is 5.91 Å². The molecule has 2 N–H and O–H groups in total. The molecule has 0 saturated heterocycles. The second-order valence-electron chi connectivity index (χ2n) is 5.23. The standard InChI is InChI=1S/C18H14Cl2N4O/c1-11-21-15(10-16(22-11)23-12-6-3-2-4-7-12)18(25)24-14-9-5-8-13(19)17(14)20/h2-10H,1H3,(H,24,25)(H,21,22,23). The van der Waals surface area contributed by atoms with Gasteiger partial charge in [0.05, 0.1) is 15.7 Å². The molecule has 3 rings (SSSR count). The number of carbonyl (C=O) groups is 1. The van der Waals surface area contributed by atoms with E-state index in [1.165, 1.54) is 0 Å². The number of halogens is 2. The zero-order valence-corrected chi connectivity index (χ0v) is 14.8. The Morgan fingerprint density at radius 2 is 1.76 bits per heavy atom. The molecule has 3 aromatic rings. The molecule has 25 heavy (non-hydrogen) atoms. The van der Waals surface area contributed by atoms with Gasteiger partial charge in [0.2, 0.25) is 0 Å². The van der Waals surface area contributed by atoms with Crippen LogP contribution in [0.3, 0.4) is 0 Å². The molecule has 0 atom stereocenters. The molecule has 5 nitrogen and oxygen atoms in total. The number of anilines is 3. The first-order valence-corrected chi connectivity index (χ1v) is 8.21. The van der Waals surface area contributed by atoms with Crippen LogP contribution in [-0.4, -0.2) is 15.9 Å². The average molecular weight is 373 g/mol. The van der Waals surface area contributed by atoms with Gasteiger partial charge in [-0.05, 0) is 31.2 Å². The highest BCUT2D eigenvalue weighted by Gasteiger charge is 2.13. The third kappa shape index (κ3) is 4.26. The first-order chi connectivity index (χ1) is 12.0. The Kier molecular flexibility index (Phi) is 5.16. The average Bonchev–Trinajstić information content (AvgIpc) is 2.59. The molecule has 0 fully saturated rings. The number of aryl methyl sites for hydroxylation is 1. The van der Waals surface area contributed by atoms with Crippen molar-refractivity contribution in [1.29, 1.82) is 0 Å². The van der Waals surface area contributed by atoms with Crippen LogP contribution >= 0.6 is 23.2 Å². The Morgan fingerprint density at radius 1 is 1.00 bits per heavy atom. The van der Waals surface area contributed by atoms with Crippen molar-refractivity contribution in [2.75, 3.05) is 10.6 Å². The van der Waals surface area contributed by atoms with E-state index >= 15 is 0 Å². The number of nitrogens with zero attached hydrogens (tertiary/aromatic N) is 2. The number of hydrogen-bond donors (Lipinski definition) is 2. The SMILES string of the molecule is Cc1nc(Nc2ccccc2)cc(C(=O)Nc2cccc(Cl)c2Cl)n1. The summed E-state index contributed by atoms with van der Waals surface area (Å²) < 4.78 is 0. The summed E-state index contributed by atoms with van der Waals surface area (Å²) in [4.78, 5) is 21.0. The predicted octanol–water partition coefficient (Wildman–Crippen LogP) is 5.09. The minimum atomic E-state index is -0.397. The largest absolute Gasteiger partial charge is 0.340 e. The maximum Gasteiger partial charge on any atom is 0.274 e. The van der Waals surface area contributed by atoms with Crippen LogP contribution < -0.4 is 10.6 Å². The monoisotopic (exact) mass is 372 g/mol. The van der Waals surface area contributed by atoms with Crippen LogP contribution in [-0.2, 0) is 0 Å². The van der Waals surface area contributed by atoms with E-state index in [2.05, 4.69) is 20.6 Å². The molecule has 126 valence electrons. The summed E-state index contributed by atoms with van der Waals surface area (Å²) in [5, 5.41) is 6.51. The number of carbonyl (C=O) groups excluding carboxylic acids is 1. The molecular formula is C18H14Cl2N4O. The first kappa shape index (κ1) is 17.2. The van der Waals surface area contributed by atoms with E-state index in [-0.39, 0.29) is 10.7 Å². The summed E-state index contributed by atoms with van der Waals surface area (Å²) in [5.74, 6) is 0.607. The zero-order chi connectivity index (χ0) is 17.8. The van der Waals surface area contributed by atoms with E-state index in [4.69, 9.17) is 23.2 Å². The molecule has 0 saturated carbocycles. The van der Waals surface area contributed by atoms with Crippen molar-refractivity contribution in [2.24, 2.45) is 0 Å². The van der Waals surface area contributed by atoms with Crippen molar-refractivity contribution >= 4 is 46.3 Å². The van der Waals surface area contributed by atoms with Crippen LogP contribution in [0.4, 0.5) is 17.2 Å². The van der Waals surface area contributed by atoms with Gasteiger partial charge < -0.3 is 10.6 Å². The number of nitrogens with one attached hydrogen (secondary N) is 2. The van der Waals surface area contributed by atoms with E-state index in [1.54, 1.807) is 31.2 Å². The topological polar surface area (TPSA) is 66.9 Å². The van der Waals surface area contributed by atoms with E-state index in [0.29, 0.717) is 22.4 Å². The van der Waals surface area contributed by atoms with Crippen molar-refractivity contribution in [1.82, 2.24) is 9.97 Å². The van der Waals surface area contributed by atoms with E-state index in [9.17, 15) is 4.79 Å². The number of rotatable bonds is 4. The maximum absolute atomic E-state index is 12.5. The smallest absolute Gasteiger partial charge is 0.274 e. The molecule has 1 amide bonds. The van der Waals surface area contributed by atoms with E-state index < -0.39 is 5.91 Å². The van der Waals surface area contributed by atoms with Crippen LogP contribution in [0.1, 0.15) is 16.3 Å². The molecule has 2 aromatic carbocycles. The lowest BCUT2D eigenvalue weighted by molar-refractivity contribution is 0.102. The minimum Gasteiger partial charge on any atom is -0.340 e. The van der Waals surface area contributed by atoms with Gasteiger partial charge in [0.15, 0.2) is 0 Å². The second kappa shape index (κ2) is 7.51. The lowest BCUT2D eigenvalue weighted by atomic mass is 10.3. The van der Waals surface area contributed by atoms with Crippen LogP contribution in [0.5, 0.6) is 0 Å². The summed E-state index contributed by atoms with van der Waals surface area (Å²) in [6.45, 7) is 1.72. The van der Waals surface area contributed by atoms with Crippen molar-refractivity contribution < 1.29 is 4.79 Å². The number of para-hydroxylation sites is 1. The quantitative estimate of drug-likeness (QED) is 0.669. The molecule has 0 spiro atoms. The normalized spacial score (nSPS) is 10.4. The van der Waals surface area contributed by atoms with Gasteiger partial charge >= 0.3 is 0 Å². The summed E-state index contributed by atoms with van der Waals surface area (Å²) in [5.41, 5.74) is 1.51. The molecule has 0 radical (unpaired) electrons. The Morgan fingerprint density at radius 3 is 2.52 bits per heavy atom. The first-order valence-electron chi connectivity index (χ1n) is 7.46. The lowest BCUT2D eigenvalue weighted by Gasteiger charge is -2.10. The molecule has 0 aliphatic carbocycles. The van der Waals surface area contributed by atoms with E-state index in [1.807, 2.05) is 30.3 Å². The van der Waals surface area contributed by atoms with Gasteiger partial charge in [-0.2, -0.15) is 0 Å². The Labute approximate surface area is 155 Å². The van der Waals surface area contributed by atoms with Crippen LogP contribution in [0, 0.1) is 6.92 Å². The fourth-order valence-electron chi connectivity index (χ4n) is 2.20. The minimum absolute atomic E-state index is 0.224. The second-order valence-corrected chi connectivity index (χ2v) is 6.02. The molecule has 0 aliphatic rings. The molecular weight excluding hydrogens is 359 g/mol. The van der Waals surface area contributed by atoms with Gasteiger partial charge in [-0.3, -0.25) is 4.79 Å². The lowest BCUT2D eigenvalue weighted by Crippen LogP contribution is -2.15. The van der Waals surface area contributed by atoms with Gasteiger partial charge in [-0.1, -0.05) is 47.5 Å². The molecule has 0 unspecified atom stereocenters. The predicted molar refractivity (Wildman–Crippen MR) is 101 cm³/mol. The van der Waals surface area contributed by atoms with Crippen LogP contribution in [0.25, 0.3) is 0 Å². The molecule has 7 heteroatoms. The highest BCUT2D eigenvalue weighted by molar-refractivity contribution is 6.44. The molecule has 1 aromatic heterocycles. The summed E-state index contributed by atoms with van der Waals surface area (Å²) >= 11 is 12.1. The number of benzene rings is 2. The molecule has 1 heterocycles. The summed E-state index contributed by atoms with van der Waals surface area (Å²) in [7, 11) is 0. The van der Waals surface area contributed by atoms with E-state index in [0.717, 1.165) is 5.69 Å². The van der Waals surface area contributed by atoms with Gasteiger partial charge in [0, 0.05) is 11.8 Å². The zero-order valence-electron chi connectivity index (χ0n) is 13.3. The van der Waals surface area contributed by atoms with Gasteiger partial charge in [0.1, 0.15) is 17.3 Å². The third-order valence-corrected chi connectivity index (χ3v) is 4.14. The maximum atomic E-state index is 12.5. The Bertz CT molecular complexity index is 916. The fraction of sp³-hybridized carbons (Fsp3) is 0.0556. The fourth-order valence-corrected chi connectivity index (χ4v) is 2.55. The third-order valence-electron chi connectivity index (χ3n) is 3.32. The van der Waals surface area contributed by atoms with Crippen LogP contribution in [0.15, 0.2) is 54.6 Å². The van der Waals surface area contributed by atoms with Gasteiger partial charge in [-0.25, -0.2) is 9.97 Å².